The molecule has 0 spiro atoms. The molecule has 1 saturated heterocycles. The molecule has 0 aliphatic carbocycles. The summed E-state index contributed by atoms with van der Waals surface area (Å²) in [7, 11) is 3.94. The minimum Gasteiger partial charge on any atom is -0.363 e. The maximum Gasteiger partial charge on any atom is 0.267 e. The number of rotatable bonds is 4. The molecule has 2 aromatic rings. The number of likely N-dealkylation sites (tertiary alicyclic amines) is 1. The molecule has 0 N–H and O–H groups in total. The Hall–Kier alpha value is -2.70. The Morgan fingerprint density at radius 2 is 2.12 bits per heavy atom. The van der Waals surface area contributed by atoms with E-state index in [0.717, 1.165) is 30.9 Å². The number of nitrogens with zero attached hydrogens (tertiary/aromatic N) is 5. The fraction of sp³-hybridized carbons (Fsp3) is 0.474. The minimum atomic E-state index is -0.248. The molecule has 1 unspecified atom stereocenters. The van der Waals surface area contributed by atoms with Gasteiger partial charge in [-0.3, -0.25) is 9.59 Å². The Labute approximate surface area is 153 Å². The highest BCUT2D eigenvalue weighted by atomic mass is 16.2. The largest absolute Gasteiger partial charge is 0.363 e. The predicted molar refractivity (Wildman–Crippen MR) is 100 cm³/mol. The SMILES string of the molecule is Cc1ccc(=O)n(CC(=O)N2CCCC(c3ccnc(N(C)C)c3)C2)n1. The molecule has 0 saturated carbocycles. The van der Waals surface area contributed by atoms with E-state index in [0.29, 0.717) is 6.54 Å². The first kappa shape index (κ1) is 18.1. The summed E-state index contributed by atoms with van der Waals surface area (Å²) in [6.07, 6.45) is 3.82. The molecule has 1 aliphatic heterocycles. The lowest BCUT2D eigenvalue weighted by Gasteiger charge is -2.33. The summed E-state index contributed by atoms with van der Waals surface area (Å²) >= 11 is 0. The first-order valence-electron chi connectivity index (χ1n) is 8.90. The number of piperidine rings is 1. The molecule has 138 valence electrons. The fourth-order valence-corrected chi connectivity index (χ4v) is 3.30. The summed E-state index contributed by atoms with van der Waals surface area (Å²) < 4.78 is 1.25. The van der Waals surface area contributed by atoms with E-state index in [1.54, 1.807) is 6.07 Å². The Balaban J connectivity index is 1.72. The van der Waals surface area contributed by atoms with Crippen LogP contribution in [-0.2, 0) is 11.3 Å². The number of amides is 1. The van der Waals surface area contributed by atoms with Crippen molar-refractivity contribution in [3.8, 4) is 0 Å². The molecule has 0 radical (unpaired) electrons. The molecule has 7 nitrogen and oxygen atoms in total. The van der Waals surface area contributed by atoms with Gasteiger partial charge in [-0.2, -0.15) is 5.10 Å². The van der Waals surface area contributed by atoms with E-state index < -0.39 is 0 Å². The Morgan fingerprint density at radius 1 is 1.31 bits per heavy atom. The summed E-state index contributed by atoms with van der Waals surface area (Å²) in [5.41, 5.74) is 1.68. The van der Waals surface area contributed by atoms with Crippen molar-refractivity contribution in [3.05, 3.63) is 52.1 Å². The monoisotopic (exact) mass is 355 g/mol. The van der Waals surface area contributed by atoms with Crippen LogP contribution in [0.1, 0.15) is 30.0 Å². The number of carbonyl (C=O) groups excluding carboxylic acids is 1. The van der Waals surface area contributed by atoms with Crippen molar-refractivity contribution in [1.29, 1.82) is 0 Å². The number of hydrogen-bond donors (Lipinski definition) is 0. The average Bonchev–Trinajstić information content (AvgIpc) is 2.65. The summed E-state index contributed by atoms with van der Waals surface area (Å²) in [5.74, 6) is 1.15. The first-order chi connectivity index (χ1) is 12.4. The van der Waals surface area contributed by atoms with Crippen molar-refractivity contribution < 1.29 is 4.79 Å². The normalized spacial score (nSPS) is 17.2. The second kappa shape index (κ2) is 7.68. The highest BCUT2D eigenvalue weighted by Crippen LogP contribution is 2.28. The third kappa shape index (κ3) is 4.09. The molecule has 1 atom stereocenters. The lowest BCUT2D eigenvalue weighted by Crippen LogP contribution is -2.42. The highest BCUT2D eigenvalue weighted by Gasteiger charge is 2.25. The first-order valence-corrected chi connectivity index (χ1v) is 8.90. The maximum absolute atomic E-state index is 12.7. The van der Waals surface area contributed by atoms with E-state index in [-0.39, 0.29) is 23.9 Å². The number of hydrogen-bond acceptors (Lipinski definition) is 5. The van der Waals surface area contributed by atoms with Crippen LogP contribution >= 0.6 is 0 Å². The molecule has 0 aromatic carbocycles. The van der Waals surface area contributed by atoms with Crippen LogP contribution in [0.15, 0.2) is 35.3 Å². The van der Waals surface area contributed by atoms with Gasteiger partial charge >= 0.3 is 0 Å². The van der Waals surface area contributed by atoms with Gasteiger partial charge in [0.1, 0.15) is 12.4 Å². The van der Waals surface area contributed by atoms with Crippen molar-refractivity contribution in [1.82, 2.24) is 19.7 Å². The standard InChI is InChI=1S/C19H25N5O2/c1-14-6-7-18(25)24(21-14)13-19(26)23-10-4-5-16(12-23)15-8-9-20-17(11-15)22(2)3/h6-9,11,16H,4-5,10,12-13H2,1-3H3. The van der Waals surface area contributed by atoms with E-state index >= 15 is 0 Å². The zero-order valence-corrected chi connectivity index (χ0v) is 15.6. The molecular formula is C19H25N5O2. The van der Waals surface area contributed by atoms with E-state index in [4.69, 9.17) is 0 Å². The van der Waals surface area contributed by atoms with Crippen molar-refractivity contribution in [2.45, 2.75) is 32.2 Å². The third-order valence-corrected chi connectivity index (χ3v) is 4.76. The van der Waals surface area contributed by atoms with E-state index in [1.807, 2.05) is 43.1 Å². The van der Waals surface area contributed by atoms with Crippen LogP contribution in [-0.4, -0.2) is 52.8 Å². The van der Waals surface area contributed by atoms with Gasteiger partial charge in [0.2, 0.25) is 5.91 Å². The molecule has 26 heavy (non-hydrogen) atoms. The van der Waals surface area contributed by atoms with Crippen LogP contribution in [0, 0.1) is 6.92 Å². The van der Waals surface area contributed by atoms with Crippen LogP contribution in [0.25, 0.3) is 0 Å². The minimum absolute atomic E-state index is 0.00741. The molecule has 3 heterocycles. The van der Waals surface area contributed by atoms with E-state index in [9.17, 15) is 9.59 Å². The quantitative estimate of drug-likeness (QED) is 0.829. The molecule has 1 aliphatic rings. The number of aryl methyl sites for hydroxylation is 1. The van der Waals surface area contributed by atoms with Crippen molar-refractivity contribution in [2.24, 2.45) is 0 Å². The van der Waals surface area contributed by atoms with Crippen LogP contribution < -0.4 is 10.5 Å². The Kier molecular flexibility index (Phi) is 5.35. The fourth-order valence-electron chi connectivity index (χ4n) is 3.30. The number of carbonyl (C=O) groups is 1. The van der Waals surface area contributed by atoms with E-state index in [2.05, 4.69) is 16.1 Å². The zero-order valence-electron chi connectivity index (χ0n) is 15.6. The van der Waals surface area contributed by atoms with Gasteiger partial charge in [-0.15, -0.1) is 0 Å². The van der Waals surface area contributed by atoms with Gasteiger partial charge < -0.3 is 9.80 Å². The Bertz CT molecular complexity index is 846. The second-order valence-electron chi connectivity index (χ2n) is 6.99. The van der Waals surface area contributed by atoms with E-state index in [1.165, 1.54) is 16.3 Å². The number of aromatic nitrogens is 3. The number of pyridine rings is 1. The van der Waals surface area contributed by atoms with Crippen LogP contribution in [0.5, 0.6) is 0 Å². The lowest BCUT2D eigenvalue weighted by atomic mass is 9.91. The molecule has 0 bridgehead atoms. The van der Waals surface area contributed by atoms with Gasteiger partial charge in [-0.05, 0) is 43.5 Å². The van der Waals surface area contributed by atoms with Gasteiger partial charge in [-0.1, -0.05) is 0 Å². The highest BCUT2D eigenvalue weighted by molar-refractivity contribution is 5.76. The van der Waals surface area contributed by atoms with Crippen molar-refractivity contribution in [2.75, 3.05) is 32.1 Å². The maximum atomic E-state index is 12.7. The molecular weight excluding hydrogens is 330 g/mol. The molecule has 3 rings (SSSR count). The topological polar surface area (TPSA) is 71.3 Å². The van der Waals surface area contributed by atoms with Crippen LogP contribution in [0.2, 0.25) is 0 Å². The summed E-state index contributed by atoms with van der Waals surface area (Å²) in [6, 6.07) is 7.23. The summed E-state index contributed by atoms with van der Waals surface area (Å²) in [4.78, 5) is 32.8. The molecule has 1 amide bonds. The van der Waals surface area contributed by atoms with Gasteiger partial charge in [-0.25, -0.2) is 9.67 Å². The Morgan fingerprint density at radius 3 is 2.88 bits per heavy atom. The summed E-state index contributed by atoms with van der Waals surface area (Å²) in [6.45, 7) is 3.19. The van der Waals surface area contributed by atoms with Gasteiger partial charge in [0, 0.05) is 45.4 Å². The smallest absolute Gasteiger partial charge is 0.267 e. The second-order valence-corrected chi connectivity index (χ2v) is 6.99. The van der Waals surface area contributed by atoms with Crippen molar-refractivity contribution >= 4 is 11.7 Å². The van der Waals surface area contributed by atoms with Gasteiger partial charge in [0.25, 0.3) is 5.56 Å². The van der Waals surface area contributed by atoms with Crippen LogP contribution in [0.4, 0.5) is 5.82 Å². The molecule has 7 heteroatoms. The molecule has 2 aromatic heterocycles. The third-order valence-electron chi connectivity index (χ3n) is 4.76. The lowest BCUT2D eigenvalue weighted by molar-refractivity contribution is -0.133. The van der Waals surface area contributed by atoms with Gasteiger partial charge in [0.05, 0.1) is 5.69 Å². The predicted octanol–water partition coefficient (Wildman–Crippen LogP) is 1.42. The van der Waals surface area contributed by atoms with Crippen molar-refractivity contribution in [3.63, 3.8) is 0 Å². The van der Waals surface area contributed by atoms with Gasteiger partial charge in [0.15, 0.2) is 0 Å². The number of anilines is 1. The van der Waals surface area contributed by atoms with Crippen LogP contribution in [0.3, 0.4) is 0 Å². The zero-order chi connectivity index (χ0) is 18.7. The average molecular weight is 355 g/mol. The molecule has 1 fully saturated rings. The summed E-state index contributed by atoms with van der Waals surface area (Å²) in [5, 5.41) is 4.16.